The largest absolute Gasteiger partial charge is 0.293 e. The van der Waals surface area contributed by atoms with Gasteiger partial charge in [0.15, 0.2) is 11.5 Å². The predicted molar refractivity (Wildman–Crippen MR) is 77.8 cm³/mol. The monoisotopic (exact) mass is 282 g/mol. The van der Waals surface area contributed by atoms with E-state index in [0.717, 1.165) is 5.56 Å². The molecule has 0 aliphatic heterocycles. The van der Waals surface area contributed by atoms with Crippen LogP contribution in [0.2, 0.25) is 0 Å². The number of aromatic amines is 1. The Balaban J connectivity index is 1.95. The molecule has 0 saturated carbocycles. The Morgan fingerprint density at radius 3 is 2.62 bits per heavy atom. The van der Waals surface area contributed by atoms with Crippen LogP contribution in [-0.2, 0) is 7.05 Å². The molecule has 0 saturated heterocycles. The molecule has 1 aromatic carbocycles. The van der Waals surface area contributed by atoms with Gasteiger partial charge < -0.3 is 0 Å². The minimum atomic E-state index is -0.263. The number of H-pyrrole nitrogens is 1. The molecule has 2 aromatic heterocycles. The molecule has 106 valence electrons. The molecule has 21 heavy (non-hydrogen) atoms. The number of rotatable bonds is 3. The summed E-state index contributed by atoms with van der Waals surface area (Å²) in [6.45, 7) is 0. The van der Waals surface area contributed by atoms with Gasteiger partial charge in [-0.2, -0.15) is 20.5 Å². The summed E-state index contributed by atoms with van der Waals surface area (Å²) in [5.41, 5.74) is 1.64. The van der Waals surface area contributed by atoms with E-state index in [4.69, 9.17) is 0 Å². The molecular formula is C14H14N6O. The SMILES string of the molecule is CN(C(=O)c1n[nH]nc1-c1ccccc1)c1ccn(C)n1. The van der Waals surface area contributed by atoms with Crippen molar-refractivity contribution in [3.05, 3.63) is 48.3 Å². The zero-order valence-electron chi connectivity index (χ0n) is 11.7. The van der Waals surface area contributed by atoms with Crippen LogP contribution in [0.4, 0.5) is 5.82 Å². The van der Waals surface area contributed by atoms with Crippen molar-refractivity contribution in [1.82, 2.24) is 25.2 Å². The van der Waals surface area contributed by atoms with Crippen molar-refractivity contribution in [2.24, 2.45) is 7.05 Å². The number of hydrogen-bond donors (Lipinski definition) is 1. The van der Waals surface area contributed by atoms with E-state index in [0.29, 0.717) is 11.5 Å². The van der Waals surface area contributed by atoms with Crippen LogP contribution in [0.3, 0.4) is 0 Å². The van der Waals surface area contributed by atoms with E-state index in [2.05, 4.69) is 20.5 Å². The highest BCUT2D eigenvalue weighted by molar-refractivity contribution is 6.07. The van der Waals surface area contributed by atoms with Gasteiger partial charge in [0, 0.05) is 31.9 Å². The van der Waals surface area contributed by atoms with Crippen LogP contribution in [0.15, 0.2) is 42.6 Å². The lowest BCUT2D eigenvalue weighted by Gasteiger charge is -2.12. The topological polar surface area (TPSA) is 79.7 Å². The first-order valence-electron chi connectivity index (χ1n) is 6.40. The van der Waals surface area contributed by atoms with E-state index in [-0.39, 0.29) is 11.6 Å². The van der Waals surface area contributed by atoms with Crippen molar-refractivity contribution in [2.75, 3.05) is 11.9 Å². The zero-order valence-corrected chi connectivity index (χ0v) is 11.7. The van der Waals surface area contributed by atoms with Gasteiger partial charge in [0.2, 0.25) is 0 Å². The summed E-state index contributed by atoms with van der Waals surface area (Å²) in [5, 5.41) is 14.8. The summed E-state index contributed by atoms with van der Waals surface area (Å²) in [6, 6.07) is 11.2. The average Bonchev–Trinajstić information content (AvgIpc) is 3.15. The summed E-state index contributed by atoms with van der Waals surface area (Å²) in [4.78, 5) is 14.0. The van der Waals surface area contributed by atoms with Crippen LogP contribution in [-0.4, -0.2) is 38.1 Å². The van der Waals surface area contributed by atoms with E-state index in [1.54, 1.807) is 31.0 Å². The molecule has 3 aromatic rings. The smallest absolute Gasteiger partial charge is 0.282 e. The second-order valence-electron chi connectivity index (χ2n) is 4.60. The van der Waals surface area contributed by atoms with Crippen LogP contribution in [0.25, 0.3) is 11.3 Å². The summed E-state index contributed by atoms with van der Waals surface area (Å²) in [5.74, 6) is 0.297. The number of carbonyl (C=O) groups is 1. The van der Waals surface area contributed by atoms with Crippen LogP contribution in [0.1, 0.15) is 10.5 Å². The maximum Gasteiger partial charge on any atom is 0.282 e. The molecule has 0 atom stereocenters. The average molecular weight is 282 g/mol. The molecule has 0 bridgehead atoms. The van der Waals surface area contributed by atoms with Gasteiger partial charge in [0.05, 0.1) is 0 Å². The Morgan fingerprint density at radius 1 is 1.19 bits per heavy atom. The van der Waals surface area contributed by atoms with E-state index in [1.165, 1.54) is 4.90 Å². The van der Waals surface area contributed by atoms with Gasteiger partial charge in [0.25, 0.3) is 5.91 Å². The first-order chi connectivity index (χ1) is 10.2. The van der Waals surface area contributed by atoms with Gasteiger partial charge in [-0.25, -0.2) is 0 Å². The molecule has 1 N–H and O–H groups in total. The standard InChI is InChI=1S/C14H14N6O/c1-19-9-8-11(17-19)20(2)14(21)13-12(15-18-16-13)10-6-4-3-5-7-10/h3-9H,1-2H3,(H,15,16,18). The van der Waals surface area contributed by atoms with Crippen LogP contribution >= 0.6 is 0 Å². The quantitative estimate of drug-likeness (QED) is 0.789. The minimum Gasteiger partial charge on any atom is -0.293 e. The van der Waals surface area contributed by atoms with Gasteiger partial charge in [-0.1, -0.05) is 30.3 Å². The van der Waals surface area contributed by atoms with Gasteiger partial charge in [-0.3, -0.25) is 14.4 Å². The number of benzene rings is 1. The van der Waals surface area contributed by atoms with Crippen molar-refractivity contribution >= 4 is 11.7 Å². The number of aryl methyl sites for hydroxylation is 1. The lowest BCUT2D eigenvalue weighted by Crippen LogP contribution is -2.27. The minimum absolute atomic E-state index is 0.263. The molecule has 1 amide bonds. The molecule has 0 fully saturated rings. The fraction of sp³-hybridized carbons (Fsp3) is 0.143. The molecule has 7 heteroatoms. The van der Waals surface area contributed by atoms with Gasteiger partial charge in [-0.15, -0.1) is 0 Å². The number of hydrogen-bond acceptors (Lipinski definition) is 4. The number of anilines is 1. The lowest BCUT2D eigenvalue weighted by molar-refractivity contribution is 0.0988. The molecule has 0 spiro atoms. The number of nitrogens with one attached hydrogen (secondary N) is 1. The fourth-order valence-electron chi connectivity index (χ4n) is 2.02. The molecule has 0 aliphatic carbocycles. The summed E-state index contributed by atoms with van der Waals surface area (Å²) in [6.07, 6.45) is 1.78. The van der Waals surface area contributed by atoms with Gasteiger partial charge in [0.1, 0.15) is 5.69 Å². The van der Waals surface area contributed by atoms with E-state index in [1.807, 2.05) is 30.3 Å². The van der Waals surface area contributed by atoms with E-state index >= 15 is 0 Å². The van der Waals surface area contributed by atoms with Crippen molar-refractivity contribution in [1.29, 1.82) is 0 Å². The number of amides is 1. The van der Waals surface area contributed by atoms with Crippen LogP contribution in [0.5, 0.6) is 0 Å². The normalized spacial score (nSPS) is 10.6. The molecule has 7 nitrogen and oxygen atoms in total. The van der Waals surface area contributed by atoms with Crippen molar-refractivity contribution in [3.8, 4) is 11.3 Å². The maximum absolute atomic E-state index is 12.6. The summed E-state index contributed by atoms with van der Waals surface area (Å²) in [7, 11) is 3.46. The number of aromatic nitrogens is 5. The van der Waals surface area contributed by atoms with E-state index < -0.39 is 0 Å². The fourth-order valence-corrected chi connectivity index (χ4v) is 2.02. The van der Waals surface area contributed by atoms with Crippen molar-refractivity contribution in [3.63, 3.8) is 0 Å². The van der Waals surface area contributed by atoms with Crippen LogP contribution < -0.4 is 4.90 Å². The summed E-state index contributed by atoms with van der Waals surface area (Å²) >= 11 is 0. The second kappa shape index (κ2) is 5.20. The van der Waals surface area contributed by atoms with Crippen LogP contribution in [0, 0.1) is 0 Å². The Bertz CT molecular complexity index is 761. The van der Waals surface area contributed by atoms with E-state index in [9.17, 15) is 4.79 Å². The first kappa shape index (κ1) is 13.0. The Morgan fingerprint density at radius 2 is 1.95 bits per heavy atom. The summed E-state index contributed by atoms with van der Waals surface area (Å²) < 4.78 is 1.64. The Kier molecular flexibility index (Phi) is 3.23. The maximum atomic E-state index is 12.6. The molecular weight excluding hydrogens is 268 g/mol. The molecule has 0 radical (unpaired) electrons. The van der Waals surface area contributed by atoms with Crippen molar-refractivity contribution < 1.29 is 4.79 Å². The highest BCUT2D eigenvalue weighted by Crippen LogP contribution is 2.21. The molecule has 0 unspecified atom stereocenters. The highest BCUT2D eigenvalue weighted by atomic mass is 16.2. The third-order valence-electron chi connectivity index (χ3n) is 3.15. The number of nitrogens with zero attached hydrogens (tertiary/aromatic N) is 5. The molecule has 3 rings (SSSR count). The second-order valence-corrected chi connectivity index (χ2v) is 4.60. The lowest BCUT2D eigenvalue weighted by atomic mass is 10.1. The first-order valence-corrected chi connectivity index (χ1v) is 6.40. The third kappa shape index (κ3) is 2.40. The van der Waals surface area contributed by atoms with Gasteiger partial charge >= 0.3 is 0 Å². The third-order valence-corrected chi connectivity index (χ3v) is 3.15. The predicted octanol–water partition coefficient (Wildman–Crippen LogP) is 1.48. The Labute approximate surface area is 121 Å². The van der Waals surface area contributed by atoms with Crippen molar-refractivity contribution in [2.45, 2.75) is 0 Å². The molecule has 0 aliphatic rings. The number of carbonyl (C=O) groups excluding carboxylic acids is 1. The highest BCUT2D eigenvalue weighted by Gasteiger charge is 2.23. The van der Waals surface area contributed by atoms with Gasteiger partial charge in [-0.05, 0) is 0 Å². The zero-order chi connectivity index (χ0) is 14.8. The molecule has 2 heterocycles. The Hall–Kier alpha value is -2.96.